The van der Waals surface area contributed by atoms with Crippen LogP contribution in [0.5, 0.6) is 0 Å². The van der Waals surface area contributed by atoms with Gasteiger partial charge in [-0.3, -0.25) is 9.11 Å². The van der Waals surface area contributed by atoms with Gasteiger partial charge in [-0.05, 0) is 0 Å². The third-order valence-corrected chi connectivity index (χ3v) is 0.500. The molecule has 0 fully saturated rings. The van der Waals surface area contributed by atoms with Gasteiger partial charge in [0.1, 0.15) is 0 Å². The first-order valence-electron chi connectivity index (χ1n) is 3.08. The van der Waals surface area contributed by atoms with E-state index in [-0.39, 0.29) is 0 Å². The maximum atomic E-state index is 8.74. The van der Waals surface area contributed by atoms with Crippen LogP contribution in [0.4, 0.5) is 0 Å². The van der Waals surface area contributed by atoms with Crippen LogP contribution in [0.1, 0.15) is 13.8 Å². The molecule has 7 heteroatoms. The quantitative estimate of drug-likeness (QED) is 0.455. The first kappa shape index (κ1) is 14.0. The van der Waals surface area contributed by atoms with E-state index >= 15 is 0 Å². The van der Waals surface area contributed by atoms with Crippen LogP contribution >= 0.6 is 0 Å². The van der Waals surface area contributed by atoms with Gasteiger partial charge in [-0.25, -0.2) is 0 Å². The summed E-state index contributed by atoms with van der Waals surface area (Å²) in [6, 6.07) is 0. The molecule has 2 N–H and O–H groups in total. The second kappa shape index (κ2) is 7.10. The summed E-state index contributed by atoms with van der Waals surface area (Å²) in [5.74, 6) is 0. The normalized spacial score (nSPS) is 13.3. The Bertz CT molecular complexity index is 155. The number of rotatable bonds is 2. The first-order chi connectivity index (χ1) is 4.77. The first-order valence-corrected chi connectivity index (χ1v) is 4.48. The van der Waals surface area contributed by atoms with Crippen molar-refractivity contribution in [2.45, 2.75) is 18.6 Å². The fraction of sp³-hybridized carbons (Fsp3) is 1.00. The predicted molar refractivity (Wildman–Crippen MR) is 41.0 cm³/mol. The van der Waals surface area contributed by atoms with E-state index in [9.17, 15) is 0 Å². The molecule has 0 aliphatic heterocycles. The molecule has 0 saturated heterocycles. The van der Waals surface area contributed by atoms with Crippen LogP contribution in [0.25, 0.3) is 0 Å². The minimum absolute atomic E-state index is 0.398. The molecule has 0 radical (unpaired) electrons. The zero-order valence-electron chi connectivity index (χ0n) is 6.81. The summed E-state index contributed by atoms with van der Waals surface area (Å²) in [6.07, 6.45) is 0. The Labute approximate surface area is 75.9 Å². The molecule has 1 atom stereocenters. The number of ether oxygens (including phenoxy) is 1. The van der Waals surface area contributed by atoms with E-state index in [1.807, 2.05) is 31.6 Å². The standard InChI is InChI=1S/C4H9O.Li.H2O4S/c1-3-5-4-2;;1-5(2,3)4/h3H,4H2,1-2H3;;(H2,1,2,3,4). The van der Waals surface area contributed by atoms with Crippen molar-refractivity contribution in [2.75, 3.05) is 6.61 Å². The van der Waals surface area contributed by atoms with Crippen molar-refractivity contribution in [3.05, 3.63) is 0 Å². The van der Waals surface area contributed by atoms with Crippen molar-refractivity contribution < 1.29 is 22.3 Å². The number of hydrogen-bond acceptors (Lipinski definition) is 3. The SMILES string of the molecule is O=S(=O)(O)O.[Li][CH](C)OCC. The molecular weight excluding hydrogens is 167 g/mol. The Morgan fingerprint density at radius 3 is 1.82 bits per heavy atom. The zero-order valence-corrected chi connectivity index (χ0v) is 7.63. The van der Waals surface area contributed by atoms with Crippen molar-refractivity contribution in [1.29, 1.82) is 0 Å². The van der Waals surface area contributed by atoms with Gasteiger partial charge in [0.15, 0.2) is 0 Å². The van der Waals surface area contributed by atoms with Gasteiger partial charge in [-0.2, -0.15) is 8.42 Å². The zero-order chi connectivity index (χ0) is 9.49. The van der Waals surface area contributed by atoms with E-state index < -0.39 is 10.4 Å². The van der Waals surface area contributed by atoms with Crippen LogP contribution in [-0.4, -0.2) is 46.6 Å². The molecule has 11 heavy (non-hydrogen) atoms. The molecule has 0 heterocycles. The Balaban J connectivity index is 0. The van der Waals surface area contributed by atoms with Gasteiger partial charge >= 0.3 is 58.1 Å². The summed E-state index contributed by atoms with van der Waals surface area (Å²) in [4.78, 5) is 0. The Morgan fingerprint density at radius 2 is 1.82 bits per heavy atom. The summed E-state index contributed by atoms with van der Waals surface area (Å²) in [5.41, 5.74) is 0. The van der Waals surface area contributed by atoms with Gasteiger partial charge in [0, 0.05) is 0 Å². The molecule has 0 bridgehead atoms. The van der Waals surface area contributed by atoms with Crippen LogP contribution in [0.3, 0.4) is 0 Å². The summed E-state index contributed by atoms with van der Waals surface area (Å²) in [5, 5.41) is 0. The van der Waals surface area contributed by atoms with Crippen LogP contribution in [0.2, 0.25) is 0 Å². The molecule has 0 amide bonds. The summed E-state index contributed by atoms with van der Waals surface area (Å²) in [6.45, 7) is 4.86. The summed E-state index contributed by atoms with van der Waals surface area (Å²) < 4.78 is 37.0. The Hall–Kier alpha value is 0.427. The molecule has 5 nitrogen and oxygen atoms in total. The van der Waals surface area contributed by atoms with Crippen LogP contribution in [0.15, 0.2) is 0 Å². The van der Waals surface area contributed by atoms with Crippen molar-refractivity contribution in [3.63, 3.8) is 0 Å². The molecule has 0 aromatic heterocycles. The second-order valence-electron chi connectivity index (χ2n) is 1.95. The molecule has 0 aliphatic rings. The fourth-order valence-electron chi connectivity index (χ4n) is 0.333. The molecule has 0 rings (SSSR count). The molecule has 0 saturated carbocycles. The van der Waals surface area contributed by atoms with Crippen LogP contribution in [-0.2, 0) is 15.1 Å². The molecule has 1 unspecified atom stereocenters. The second-order valence-corrected chi connectivity index (χ2v) is 2.85. The average Bonchev–Trinajstić information content (AvgIpc) is 1.58. The third kappa shape index (κ3) is 63.0. The van der Waals surface area contributed by atoms with Crippen molar-refractivity contribution in [3.8, 4) is 0 Å². The molecule has 0 aliphatic carbocycles. The van der Waals surface area contributed by atoms with E-state index in [2.05, 4.69) is 0 Å². The average molecular weight is 178 g/mol. The molecule has 64 valence electrons. The van der Waals surface area contributed by atoms with Gasteiger partial charge in [-0.1, -0.05) is 0 Å². The molecule has 0 aromatic rings. The van der Waals surface area contributed by atoms with Crippen molar-refractivity contribution >= 4 is 28.1 Å². The topological polar surface area (TPSA) is 83.8 Å². The van der Waals surface area contributed by atoms with Crippen LogP contribution < -0.4 is 0 Å². The molecule has 0 spiro atoms. The van der Waals surface area contributed by atoms with Gasteiger partial charge < -0.3 is 0 Å². The van der Waals surface area contributed by atoms with E-state index in [0.717, 1.165) is 6.61 Å². The van der Waals surface area contributed by atoms with Gasteiger partial charge in [-0.15, -0.1) is 0 Å². The van der Waals surface area contributed by atoms with E-state index in [1.165, 1.54) is 0 Å². The summed E-state index contributed by atoms with van der Waals surface area (Å²) >= 11 is 2.03. The van der Waals surface area contributed by atoms with E-state index in [0.29, 0.717) is 4.78 Å². The maximum absolute atomic E-state index is 8.74. The summed E-state index contributed by atoms with van der Waals surface area (Å²) in [7, 11) is -4.67. The van der Waals surface area contributed by atoms with Crippen molar-refractivity contribution in [2.24, 2.45) is 0 Å². The van der Waals surface area contributed by atoms with Gasteiger partial charge in [0.25, 0.3) is 0 Å². The monoisotopic (exact) mass is 178 g/mol. The molecule has 0 aromatic carbocycles. The predicted octanol–water partition coefficient (Wildman–Crippen LogP) is -0.115. The fourth-order valence-corrected chi connectivity index (χ4v) is 0.333. The van der Waals surface area contributed by atoms with E-state index in [4.69, 9.17) is 22.3 Å². The van der Waals surface area contributed by atoms with Crippen molar-refractivity contribution in [1.82, 2.24) is 0 Å². The Morgan fingerprint density at radius 1 is 1.55 bits per heavy atom. The van der Waals surface area contributed by atoms with Gasteiger partial charge in [0.2, 0.25) is 0 Å². The number of hydrogen-bond donors (Lipinski definition) is 2. The molecular formula is C4H11LiO5S. The third-order valence-electron chi connectivity index (χ3n) is 0.500. The van der Waals surface area contributed by atoms with Gasteiger partial charge in [0.05, 0.1) is 0 Å². The van der Waals surface area contributed by atoms with Crippen LogP contribution in [0, 0.1) is 0 Å². The minimum atomic E-state index is -4.67. The Kier molecular flexibility index (Phi) is 9.02. The van der Waals surface area contributed by atoms with E-state index in [1.54, 1.807) is 0 Å².